The molecule has 0 fully saturated rings. The van der Waals surface area contributed by atoms with E-state index in [2.05, 4.69) is 42.5 Å². The first-order valence-electron chi connectivity index (χ1n) is 10.0. The fourth-order valence-corrected chi connectivity index (χ4v) is 3.17. The second-order valence-corrected chi connectivity index (χ2v) is 7.19. The van der Waals surface area contributed by atoms with Crippen molar-refractivity contribution in [3.63, 3.8) is 0 Å². The third-order valence-corrected chi connectivity index (χ3v) is 4.72. The fourth-order valence-electron chi connectivity index (χ4n) is 3.17. The van der Waals surface area contributed by atoms with Gasteiger partial charge >= 0.3 is 0 Å². The molecule has 1 aliphatic rings. The summed E-state index contributed by atoms with van der Waals surface area (Å²) in [4.78, 5) is 9.09. The Hall–Kier alpha value is -2.03. The molecule has 1 aromatic carbocycles. The minimum atomic E-state index is 0. The van der Waals surface area contributed by atoms with Crippen LogP contribution in [-0.2, 0) is 0 Å². The van der Waals surface area contributed by atoms with Crippen molar-refractivity contribution in [2.75, 3.05) is 31.6 Å². The Bertz CT molecular complexity index is 784. The van der Waals surface area contributed by atoms with E-state index in [0.717, 1.165) is 36.1 Å². The SMILES string of the molecule is CCNC(=NCC(c1cccnc1)C(C)C)Nc1ccc2c(c1)OCCCO2.I. The lowest BCUT2D eigenvalue weighted by Crippen LogP contribution is -2.31. The molecule has 0 spiro atoms. The largest absolute Gasteiger partial charge is 0.490 e. The van der Waals surface area contributed by atoms with E-state index in [9.17, 15) is 0 Å². The first kappa shape index (κ1) is 23.3. The lowest BCUT2D eigenvalue weighted by atomic mass is 9.89. The summed E-state index contributed by atoms with van der Waals surface area (Å²) >= 11 is 0. The number of rotatable bonds is 6. The summed E-state index contributed by atoms with van der Waals surface area (Å²) < 4.78 is 11.5. The molecule has 158 valence electrons. The number of hydrogen-bond acceptors (Lipinski definition) is 4. The molecule has 0 saturated heterocycles. The molecule has 1 unspecified atom stereocenters. The van der Waals surface area contributed by atoms with Crippen LogP contribution < -0.4 is 20.1 Å². The molecule has 0 amide bonds. The number of anilines is 1. The van der Waals surface area contributed by atoms with Gasteiger partial charge in [-0.05, 0) is 36.6 Å². The fraction of sp³-hybridized carbons (Fsp3) is 0.455. The normalized spacial score (nSPS) is 14.6. The standard InChI is InChI=1S/C22H30N4O2.HI/c1-4-24-22(25-15-19(16(2)3)17-7-5-10-23-14-17)26-18-8-9-20-21(13-18)28-12-6-11-27-20;/h5,7-10,13-14,16,19H,4,6,11-12,15H2,1-3H3,(H2,24,25,26);1H. The first-order valence-corrected chi connectivity index (χ1v) is 10.0. The predicted octanol–water partition coefficient (Wildman–Crippen LogP) is 4.68. The number of nitrogens with one attached hydrogen (secondary N) is 2. The molecule has 0 saturated carbocycles. The number of hydrogen-bond donors (Lipinski definition) is 2. The molecule has 29 heavy (non-hydrogen) atoms. The summed E-state index contributed by atoms with van der Waals surface area (Å²) in [6.07, 6.45) is 4.64. The van der Waals surface area contributed by atoms with Crippen molar-refractivity contribution in [1.29, 1.82) is 0 Å². The summed E-state index contributed by atoms with van der Waals surface area (Å²) in [5.41, 5.74) is 2.14. The van der Waals surface area contributed by atoms with Crippen LogP contribution in [0.5, 0.6) is 11.5 Å². The molecule has 3 rings (SSSR count). The number of pyridine rings is 1. The van der Waals surface area contributed by atoms with E-state index in [4.69, 9.17) is 14.5 Å². The Morgan fingerprint density at radius 1 is 1.17 bits per heavy atom. The Balaban J connectivity index is 0.00000300. The second kappa shape index (κ2) is 11.8. The number of aliphatic imine (C=N–C) groups is 1. The average molecular weight is 510 g/mol. The second-order valence-electron chi connectivity index (χ2n) is 7.19. The number of ether oxygens (including phenoxy) is 2. The van der Waals surface area contributed by atoms with Crippen molar-refractivity contribution in [2.24, 2.45) is 10.9 Å². The van der Waals surface area contributed by atoms with E-state index in [-0.39, 0.29) is 24.0 Å². The highest BCUT2D eigenvalue weighted by molar-refractivity contribution is 14.0. The highest BCUT2D eigenvalue weighted by atomic mass is 127. The van der Waals surface area contributed by atoms with E-state index in [1.54, 1.807) is 6.20 Å². The van der Waals surface area contributed by atoms with Crippen molar-refractivity contribution >= 4 is 35.6 Å². The number of fused-ring (bicyclic) bond motifs is 1. The topological polar surface area (TPSA) is 67.8 Å². The molecule has 1 atom stereocenters. The van der Waals surface area contributed by atoms with Crippen LogP contribution in [-0.4, -0.2) is 37.2 Å². The van der Waals surface area contributed by atoms with Gasteiger partial charge in [0.1, 0.15) is 0 Å². The van der Waals surface area contributed by atoms with Crippen LogP contribution in [0.1, 0.15) is 38.7 Å². The smallest absolute Gasteiger partial charge is 0.195 e. The molecule has 2 aromatic rings. The third kappa shape index (κ3) is 6.76. The molecule has 1 aromatic heterocycles. The molecule has 2 heterocycles. The molecule has 0 aliphatic carbocycles. The van der Waals surface area contributed by atoms with Gasteiger partial charge in [-0.15, -0.1) is 24.0 Å². The maximum atomic E-state index is 5.79. The van der Waals surface area contributed by atoms with Crippen LogP contribution in [0.4, 0.5) is 5.69 Å². The van der Waals surface area contributed by atoms with Gasteiger partial charge in [-0.25, -0.2) is 0 Å². The van der Waals surface area contributed by atoms with Crippen LogP contribution in [0.3, 0.4) is 0 Å². The first-order chi connectivity index (χ1) is 13.7. The van der Waals surface area contributed by atoms with Crippen LogP contribution in [0.15, 0.2) is 47.7 Å². The molecular weight excluding hydrogens is 479 g/mol. The highest BCUT2D eigenvalue weighted by Crippen LogP contribution is 2.32. The van der Waals surface area contributed by atoms with Crippen molar-refractivity contribution in [1.82, 2.24) is 10.3 Å². The maximum Gasteiger partial charge on any atom is 0.195 e. The van der Waals surface area contributed by atoms with E-state index in [0.29, 0.717) is 31.6 Å². The van der Waals surface area contributed by atoms with Crippen molar-refractivity contribution < 1.29 is 9.47 Å². The summed E-state index contributed by atoms with van der Waals surface area (Å²) in [6, 6.07) is 10.0. The van der Waals surface area contributed by atoms with Gasteiger partial charge in [0.25, 0.3) is 0 Å². The van der Waals surface area contributed by atoms with Gasteiger partial charge < -0.3 is 20.1 Å². The van der Waals surface area contributed by atoms with Crippen LogP contribution in [0.25, 0.3) is 0 Å². The third-order valence-electron chi connectivity index (χ3n) is 4.72. The number of nitrogens with zero attached hydrogens (tertiary/aromatic N) is 2. The number of aromatic nitrogens is 1. The Morgan fingerprint density at radius 3 is 2.66 bits per heavy atom. The number of halogens is 1. The molecule has 7 heteroatoms. The summed E-state index contributed by atoms with van der Waals surface area (Å²) in [6.45, 7) is 9.33. The minimum Gasteiger partial charge on any atom is -0.490 e. The van der Waals surface area contributed by atoms with Gasteiger partial charge in [-0.3, -0.25) is 9.98 Å². The van der Waals surface area contributed by atoms with Crippen molar-refractivity contribution in [3.05, 3.63) is 48.3 Å². The summed E-state index contributed by atoms with van der Waals surface area (Å²) in [7, 11) is 0. The van der Waals surface area contributed by atoms with Crippen LogP contribution >= 0.6 is 24.0 Å². The van der Waals surface area contributed by atoms with E-state index >= 15 is 0 Å². The highest BCUT2D eigenvalue weighted by Gasteiger charge is 2.16. The zero-order chi connectivity index (χ0) is 19.8. The van der Waals surface area contributed by atoms with Gasteiger partial charge in [0.05, 0.1) is 13.2 Å². The molecule has 0 radical (unpaired) electrons. The lowest BCUT2D eigenvalue weighted by Gasteiger charge is -2.20. The van der Waals surface area contributed by atoms with E-state index < -0.39 is 0 Å². The number of guanidine groups is 1. The van der Waals surface area contributed by atoms with Crippen molar-refractivity contribution in [2.45, 2.75) is 33.1 Å². The average Bonchev–Trinajstić information content (AvgIpc) is 2.94. The van der Waals surface area contributed by atoms with Crippen LogP contribution in [0, 0.1) is 5.92 Å². The quantitative estimate of drug-likeness (QED) is 0.336. The predicted molar refractivity (Wildman–Crippen MR) is 129 cm³/mol. The Kier molecular flexibility index (Phi) is 9.50. The van der Waals surface area contributed by atoms with E-state index in [1.165, 1.54) is 5.56 Å². The van der Waals surface area contributed by atoms with Gasteiger partial charge in [-0.2, -0.15) is 0 Å². The molecule has 6 nitrogen and oxygen atoms in total. The Labute approximate surface area is 190 Å². The van der Waals surface area contributed by atoms with Gasteiger partial charge in [0.15, 0.2) is 17.5 Å². The summed E-state index contributed by atoms with van der Waals surface area (Å²) in [5.74, 6) is 3.10. The lowest BCUT2D eigenvalue weighted by molar-refractivity contribution is 0.297. The van der Waals surface area contributed by atoms with Crippen LogP contribution in [0.2, 0.25) is 0 Å². The molecule has 0 bridgehead atoms. The summed E-state index contributed by atoms with van der Waals surface area (Å²) in [5, 5.41) is 6.70. The molecular formula is C22H31IN4O2. The van der Waals surface area contributed by atoms with Crippen molar-refractivity contribution in [3.8, 4) is 11.5 Å². The van der Waals surface area contributed by atoms with Gasteiger partial charge in [-0.1, -0.05) is 19.9 Å². The monoisotopic (exact) mass is 510 g/mol. The van der Waals surface area contributed by atoms with E-state index in [1.807, 2.05) is 30.5 Å². The maximum absolute atomic E-state index is 5.79. The van der Waals surface area contributed by atoms with Gasteiger partial charge in [0, 0.05) is 49.6 Å². The minimum absolute atomic E-state index is 0. The Morgan fingerprint density at radius 2 is 1.97 bits per heavy atom. The zero-order valence-electron chi connectivity index (χ0n) is 17.4. The molecule has 1 aliphatic heterocycles. The zero-order valence-corrected chi connectivity index (χ0v) is 19.7. The number of benzene rings is 1. The molecule has 2 N–H and O–H groups in total. The van der Waals surface area contributed by atoms with Gasteiger partial charge in [0.2, 0.25) is 0 Å².